The summed E-state index contributed by atoms with van der Waals surface area (Å²) in [6.45, 7) is 5.98. The molecule has 0 aliphatic rings. The van der Waals surface area contributed by atoms with Gasteiger partial charge in [0.05, 0.1) is 18.4 Å². The zero-order valence-corrected chi connectivity index (χ0v) is 10.9. The van der Waals surface area contributed by atoms with Crippen molar-refractivity contribution in [3.8, 4) is 0 Å². The minimum atomic E-state index is -1.21. The maximum atomic E-state index is 13.0. The predicted octanol–water partition coefficient (Wildman–Crippen LogP) is 0.0485. The number of carbonyl (C=O) groups is 1. The number of amides is 1. The van der Waals surface area contributed by atoms with E-state index in [0.717, 1.165) is 0 Å². The molecule has 0 spiro atoms. The van der Waals surface area contributed by atoms with Gasteiger partial charge in [-0.25, -0.2) is 14.2 Å². The molecule has 0 aliphatic heterocycles. The Labute approximate surface area is 108 Å². The fraction of sp³-hybridized carbons (Fsp3) is 0.545. The summed E-state index contributed by atoms with van der Waals surface area (Å²) in [6.07, 6.45) is 0.543. The number of nitrogens with zero attached hydrogens (tertiary/aromatic N) is 1. The zero-order chi connectivity index (χ0) is 14.6. The Morgan fingerprint density at radius 3 is 2.68 bits per heavy atom. The molecule has 0 radical (unpaired) electrons. The van der Waals surface area contributed by atoms with Crippen LogP contribution in [0.25, 0.3) is 0 Å². The monoisotopic (exact) mass is 273 g/mol. The van der Waals surface area contributed by atoms with Crippen LogP contribution >= 0.6 is 0 Å². The van der Waals surface area contributed by atoms with Gasteiger partial charge < -0.3 is 10.1 Å². The second-order valence-corrected chi connectivity index (χ2v) is 4.80. The van der Waals surface area contributed by atoms with Crippen LogP contribution in [0.2, 0.25) is 0 Å². The lowest BCUT2D eigenvalue weighted by Gasteiger charge is -2.19. The lowest BCUT2D eigenvalue weighted by atomic mass is 10.2. The van der Waals surface area contributed by atoms with Crippen molar-refractivity contribution < 1.29 is 13.9 Å². The van der Waals surface area contributed by atoms with Crippen LogP contribution in [0.15, 0.2) is 15.8 Å². The Bertz CT molecular complexity index is 571. The highest BCUT2D eigenvalue weighted by Gasteiger charge is 2.12. The van der Waals surface area contributed by atoms with Gasteiger partial charge in [0.1, 0.15) is 0 Å². The van der Waals surface area contributed by atoms with E-state index in [2.05, 4.69) is 5.32 Å². The standard InChI is InChI=1S/C11H16FN3O4/c1-11(2,3)19-5-4-13-9(17)15-6-7(12)8(16)14-10(15)18/h6H,4-5H2,1-3H3,(H,13,17)(H,14,16,18). The maximum absolute atomic E-state index is 13.0. The molecule has 19 heavy (non-hydrogen) atoms. The van der Waals surface area contributed by atoms with Gasteiger partial charge in [-0.05, 0) is 20.8 Å². The molecule has 0 atom stereocenters. The Morgan fingerprint density at radius 1 is 1.47 bits per heavy atom. The van der Waals surface area contributed by atoms with E-state index in [1.165, 1.54) is 0 Å². The van der Waals surface area contributed by atoms with Gasteiger partial charge in [0, 0.05) is 6.54 Å². The Balaban J connectivity index is 2.62. The molecule has 7 nitrogen and oxygen atoms in total. The molecule has 0 bridgehead atoms. The average molecular weight is 273 g/mol. The van der Waals surface area contributed by atoms with Crippen LogP contribution in [-0.4, -0.2) is 34.3 Å². The predicted molar refractivity (Wildman–Crippen MR) is 65.8 cm³/mol. The molecular formula is C11H16FN3O4. The molecular weight excluding hydrogens is 257 g/mol. The summed E-state index contributed by atoms with van der Waals surface area (Å²) in [6, 6.07) is -0.836. The van der Waals surface area contributed by atoms with Crippen LogP contribution in [0.4, 0.5) is 9.18 Å². The van der Waals surface area contributed by atoms with Gasteiger partial charge in [-0.3, -0.25) is 9.78 Å². The molecule has 0 fully saturated rings. The largest absolute Gasteiger partial charge is 0.374 e. The molecule has 1 aromatic heterocycles. The van der Waals surface area contributed by atoms with Gasteiger partial charge in [0.15, 0.2) is 0 Å². The van der Waals surface area contributed by atoms with Crippen LogP contribution in [0.1, 0.15) is 20.8 Å². The van der Waals surface area contributed by atoms with Crippen molar-refractivity contribution in [2.24, 2.45) is 0 Å². The summed E-state index contributed by atoms with van der Waals surface area (Å²) in [5, 5.41) is 2.37. The van der Waals surface area contributed by atoms with E-state index in [9.17, 15) is 18.8 Å². The molecule has 1 aromatic rings. The summed E-state index contributed by atoms with van der Waals surface area (Å²) < 4.78 is 18.8. The molecule has 0 unspecified atom stereocenters. The van der Waals surface area contributed by atoms with Gasteiger partial charge in [-0.15, -0.1) is 0 Å². The van der Waals surface area contributed by atoms with E-state index in [1.54, 1.807) is 4.98 Å². The third-order valence-electron chi connectivity index (χ3n) is 2.03. The number of aromatic nitrogens is 2. The first-order valence-electron chi connectivity index (χ1n) is 5.64. The first-order chi connectivity index (χ1) is 8.70. The minimum Gasteiger partial charge on any atom is -0.374 e. The molecule has 0 aromatic carbocycles. The van der Waals surface area contributed by atoms with Crippen LogP contribution < -0.4 is 16.6 Å². The van der Waals surface area contributed by atoms with E-state index in [-0.39, 0.29) is 18.8 Å². The van der Waals surface area contributed by atoms with Crippen molar-refractivity contribution in [2.75, 3.05) is 13.2 Å². The summed E-state index contributed by atoms with van der Waals surface area (Å²) in [5.41, 5.74) is -2.50. The van der Waals surface area contributed by atoms with E-state index in [1.807, 2.05) is 20.8 Å². The number of hydrogen-bond donors (Lipinski definition) is 2. The van der Waals surface area contributed by atoms with E-state index in [0.29, 0.717) is 10.8 Å². The molecule has 0 aliphatic carbocycles. The fourth-order valence-corrected chi connectivity index (χ4v) is 1.20. The second kappa shape index (κ2) is 5.79. The minimum absolute atomic E-state index is 0.156. The molecule has 0 saturated carbocycles. The molecule has 2 N–H and O–H groups in total. The second-order valence-electron chi connectivity index (χ2n) is 4.80. The summed E-state index contributed by atoms with van der Waals surface area (Å²) >= 11 is 0. The summed E-state index contributed by atoms with van der Waals surface area (Å²) in [4.78, 5) is 35.3. The maximum Gasteiger partial charge on any atom is 0.336 e. The topological polar surface area (TPSA) is 93.2 Å². The van der Waals surface area contributed by atoms with Crippen LogP contribution in [0.5, 0.6) is 0 Å². The first-order valence-corrected chi connectivity index (χ1v) is 5.64. The number of halogens is 1. The number of ether oxygens (including phenoxy) is 1. The quantitative estimate of drug-likeness (QED) is 0.761. The highest BCUT2D eigenvalue weighted by atomic mass is 19.1. The van der Waals surface area contributed by atoms with Gasteiger partial charge >= 0.3 is 11.7 Å². The first kappa shape index (κ1) is 15.1. The van der Waals surface area contributed by atoms with Crippen molar-refractivity contribution in [2.45, 2.75) is 26.4 Å². The average Bonchev–Trinajstić information content (AvgIpc) is 2.28. The number of nitrogens with one attached hydrogen (secondary N) is 2. The van der Waals surface area contributed by atoms with Crippen molar-refractivity contribution in [3.05, 3.63) is 32.9 Å². The van der Waals surface area contributed by atoms with Crippen molar-refractivity contribution in [1.29, 1.82) is 0 Å². The highest BCUT2D eigenvalue weighted by Crippen LogP contribution is 2.04. The van der Waals surface area contributed by atoms with E-state index >= 15 is 0 Å². The van der Waals surface area contributed by atoms with Crippen molar-refractivity contribution >= 4 is 6.03 Å². The lowest BCUT2D eigenvalue weighted by molar-refractivity contribution is 0.00000168. The smallest absolute Gasteiger partial charge is 0.336 e. The molecule has 1 amide bonds. The van der Waals surface area contributed by atoms with Crippen molar-refractivity contribution in [1.82, 2.24) is 14.9 Å². The van der Waals surface area contributed by atoms with E-state index < -0.39 is 23.1 Å². The fourth-order valence-electron chi connectivity index (χ4n) is 1.20. The Kier molecular flexibility index (Phi) is 4.60. The highest BCUT2D eigenvalue weighted by molar-refractivity contribution is 5.76. The van der Waals surface area contributed by atoms with Crippen LogP contribution in [0, 0.1) is 5.82 Å². The third kappa shape index (κ3) is 4.66. The van der Waals surface area contributed by atoms with Crippen LogP contribution in [0.3, 0.4) is 0 Å². The molecule has 8 heteroatoms. The van der Waals surface area contributed by atoms with Gasteiger partial charge in [0.25, 0.3) is 5.56 Å². The molecule has 1 heterocycles. The SMILES string of the molecule is CC(C)(C)OCCNC(=O)n1cc(F)c(=O)[nH]c1=O. The summed E-state index contributed by atoms with van der Waals surface area (Å²) in [5.74, 6) is -1.21. The molecule has 106 valence electrons. The number of rotatable bonds is 3. The number of hydrogen-bond acceptors (Lipinski definition) is 4. The normalized spacial score (nSPS) is 11.4. The van der Waals surface area contributed by atoms with E-state index in [4.69, 9.17) is 4.74 Å². The van der Waals surface area contributed by atoms with Gasteiger partial charge in [-0.1, -0.05) is 0 Å². The van der Waals surface area contributed by atoms with Gasteiger partial charge in [-0.2, -0.15) is 4.39 Å². The Hall–Kier alpha value is -1.96. The Morgan fingerprint density at radius 2 is 2.11 bits per heavy atom. The zero-order valence-electron chi connectivity index (χ0n) is 10.9. The number of H-pyrrole nitrogens is 1. The van der Waals surface area contributed by atoms with Gasteiger partial charge in [0.2, 0.25) is 5.82 Å². The number of carbonyl (C=O) groups excluding carboxylic acids is 1. The lowest BCUT2D eigenvalue weighted by Crippen LogP contribution is -2.42. The van der Waals surface area contributed by atoms with Crippen molar-refractivity contribution in [3.63, 3.8) is 0 Å². The van der Waals surface area contributed by atoms with Crippen LogP contribution in [-0.2, 0) is 4.74 Å². The third-order valence-corrected chi connectivity index (χ3v) is 2.03. The summed E-state index contributed by atoms with van der Waals surface area (Å²) in [7, 11) is 0. The molecule has 0 saturated heterocycles. The number of aromatic amines is 1. The molecule has 1 rings (SSSR count).